The summed E-state index contributed by atoms with van der Waals surface area (Å²) < 4.78 is 5.34. The number of hydrogen-bond acceptors (Lipinski definition) is 3. The summed E-state index contributed by atoms with van der Waals surface area (Å²) in [6.45, 7) is 4.55. The van der Waals surface area contributed by atoms with Gasteiger partial charge in [0.1, 0.15) is 0 Å². The molecule has 0 heterocycles. The standard InChI is InChI=1S/C13H16O3/c1-2-9-16-10-12-6-4-3-5-11(12)7-8-13(14)15/h2-8,13-15H,1,9-10H2/b8-7+. The van der Waals surface area contributed by atoms with Crippen LogP contribution in [0.15, 0.2) is 43.0 Å². The number of ether oxygens (including phenoxy) is 1. The monoisotopic (exact) mass is 220 g/mol. The Bertz CT molecular complexity index is 356. The molecule has 3 heteroatoms. The number of aliphatic hydroxyl groups is 2. The van der Waals surface area contributed by atoms with E-state index in [4.69, 9.17) is 14.9 Å². The van der Waals surface area contributed by atoms with Gasteiger partial charge in [0.05, 0.1) is 13.2 Å². The quantitative estimate of drug-likeness (QED) is 0.436. The molecule has 0 atom stereocenters. The highest BCUT2D eigenvalue weighted by Crippen LogP contribution is 2.12. The molecule has 3 nitrogen and oxygen atoms in total. The van der Waals surface area contributed by atoms with Gasteiger partial charge < -0.3 is 14.9 Å². The van der Waals surface area contributed by atoms with Gasteiger partial charge in [-0.3, -0.25) is 0 Å². The molecule has 1 aromatic rings. The van der Waals surface area contributed by atoms with Crippen molar-refractivity contribution in [2.45, 2.75) is 12.9 Å². The first kappa shape index (κ1) is 12.6. The Balaban J connectivity index is 2.71. The van der Waals surface area contributed by atoms with E-state index < -0.39 is 6.29 Å². The van der Waals surface area contributed by atoms with Crippen molar-refractivity contribution in [2.24, 2.45) is 0 Å². The smallest absolute Gasteiger partial charge is 0.171 e. The minimum Gasteiger partial charge on any atom is -0.373 e. The Morgan fingerprint density at radius 2 is 2.06 bits per heavy atom. The Morgan fingerprint density at radius 3 is 2.75 bits per heavy atom. The van der Waals surface area contributed by atoms with Gasteiger partial charge in [0, 0.05) is 0 Å². The van der Waals surface area contributed by atoms with Crippen LogP contribution in [0.4, 0.5) is 0 Å². The predicted molar refractivity (Wildman–Crippen MR) is 63.6 cm³/mol. The van der Waals surface area contributed by atoms with E-state index in [1.807, 2.05) is 24.3 Å². The number of aliphatic hydroxyl groups excluding tert-OH is 1. The van der Waals surface area contributed by atoms with Gasteiger partial charge in [-0.1, -0.05) is 36.4 Å². The zero-order chi connectivity index (χ0) is 11.8. The highest BCUT2D eigenvalue weighted by molar-refractivity contribution is 5.53. The van der Waals surface area contributed by atoms with Crippen molar-refractivity contribution in [3.05, 3.63) is 54.1 Å². The van der Waals surface area contributed by atoms with Crippen molar-refractivity contribution in [1.29, 1.82) is 0 Å². The topological polar surface area (TPSA) is 49.7 Å². The Kier molecular flexibility index (Phi) is 5.50. The molecule has 0 amide bonds. The predicted octanol–water partition coefficient (Wildman–Crippen LogP) is 1.71. The molecule has 1 aromatic carbocycles. The van der Waals surface area contributed by atoms with Crippen LogP contribution in [0.3, 0.4) is 0 Å². The van der Waals surface area contributed by atoms with Gasteiger partial charge in [0.25, 0.3) is 0 Å². The molecule has 0 aliphatic carbocycles. The summed E-state index contributed by atoms with van der Waals surface area (Å²) >= 11 is 0. The second-order valence-electron chi connectivity index (χ2n) is 3.28. The summed E-state index contributed by atoms with van der Waals surface area (Å²) in [6.07, 6.45) is 3.24. The molecule has 1 rings (SSSR count). The van der Waals surface area contributed by atoms with Gasteiger partial charge in [0.15, 0.2) is 6.29 Å². The van der Waals surface area contributed by atoms with Crippen LogP contribution in [0.1, 0.15) is 11.1 Å². The molecule has 0 saturated heterocycles. The average molecular weight is 220 g/mol. The summed E-state index contributed by atoms with van der Waals surface area (Å²) in [4.78, 5) is 0. The highest BCUT2D eigenvalue weighted by Gasteiger charge is 1.98. The molecule has 0 aromatic heterocycles. The van der Waals surface area contributed by atoms with Crippen LogP contribution in [0.5, 0.6) is 0 Å². The lowest BCUT2D eigenvalue weighted by Crippen LogP contribution is -1.98. The molecular weight excluding hydrogens is 204 g/mol. The van der Waals surface area contributed by atoms with Crippen molar-refractivity contribution >= 4 is 6.08 Å². The molecule has 0 bridgehead atoms. The van der Waals surface area contributed by atoms with E-state index in [9.17, 15) is 0 Å². The van der Waals surface area contributed by atoms with Gasteiger partial charge in [0.2, 0.25) is 0 Å². The average Bonchev–Trinajstić information content (AvgIpc) is 2.28. The van der Waals surface area contributed by atoms with E-state index in [1.54, 1.807) is 12.2 Å². The fourth-order valence-electron chi connectivity index (χ4n) is 1.27. The molecule has 16 heavy (non-hydrogen) atoms. The van der Waals surface area contributed by atoms with Crippen molar-refractivity contribution in [1.82, 2.24) is 0 Å². The fourth-order valence-corrected chi connectivity index (χ4v) is 1.27. The summed E-state index contributed by atoms with van der Waals surface area (Å²) in [5.74, 6) is 0. The van der Waals surface area contributed by atoms with Gasteiger partial charge in [-0.05, 0) is 17.2 Å². The van der Waals surface area contributed by atoms with Crippen LogP contribution in [0.2, 0.25) is 0 Å². The van der Waals surface area contributed by atoms with Crippen LogP contribution >= 0.6 is 0 Å². The van der Waals surface area contributed by atoms with E-state index in [0.29, 0.717) is 13.2 Å². The van der Waals surface area contributed by atoms with Gasteiger partial charge >= 0.3 is 0 Å². The fraction of sp³-hybridized carbons (Fsp3) is 0.231. The zero-order valence-corrected chi connectivity index (χ0v) is 9.04. The lowest BCUT2D eigenvalue weighted by molar-refractivity contribution is 0.00303. The number of benzene rings is 1. The first-order valence-electron chi connectivity index (χ1n) is 5.05. The van der Waals surface area contributed by atoms with Crippen molar-refractivity contribution < 1.29 is 14.9 Å². The molecule has 86 valence electrons. The van der Waals surface area contributed by atoms with E-state index in [-0.39, 0.29) is 0 Å². The first-order chi connectivity index (χ1) is 7.74. The van der Waals surface area contributed by atoms with Crippen LogP contribution in [0, 0.1) is 0 Å². The van der Waals surface area contributed by atoms with Crippen molar-refractivity contribution in [2.75, 3.05) is 6.61 Å². The van der Waals surface area contributed by atoms with Gasteiger partial charge in [-0.2, -0.15) is 0 Å². The highest BCUT2D eigenvalue weighted by atomic mass is 16.5. The van der Waals surface area contributed by atoms with E-state index in [2.05, 4.69) is 6.58 Å². The van der Waals surface area contributed by atoms with Crippen LogP contribution in [-0.2, 0) is 11.3 Å². The van der Waals surface area contributed by atoms with Crippen molar-refractivity contribution in [3.8, 4) is 0 Å². The lowest BCUT2D eigenvalue weighted by atomic mass is 10.1. The SMILES string of the molecule is C=CCOCc1ccccc1/C=C/C(O)O. The van der Waals surface area contributed by atoms with Gasteiger partial charge in [-0.25, -0.2) is 0 Å². The molecule has 2 N–H and O–H groups in total. The van der Waals surface area contributed by atoms with Crippen LogP contribution in [-0.4, -0.2) is 23.1 Å². The summed E-state index contributed by atoms with van der Waals surface area (Å²) in [6, 6.07) is 7.64. The normalized spacial score (nSPS) is 11.2. The molecule has 0 spiro atoms. The molecule has 0 aliphatic heterocycles. The maximum Gasteiger partial charge on any atom is 0.171 e. The summed E-state index contributed by atoms with van der Waals surface area (Å²) in [7, 11) is 0. The minimum atomic E-state index is -1.43. The Labute approximate surface area is 95.3 Å². The van der Waals surface area contributed by atoms with Crippen LogP contribution in [0.25, 0.3) is 6.08 Å². The minimum absolute atomic E-state index is 0.480. The van der Waals surface area contributed by atoms with E-state index in [0.717, 1.165) is 11.1 Å². The third kappa shape index (κ3) is 4.40. The lowest BCUT2D eigenvalue weighted by Gasteiger charge is -2.06. The molecule has 0 saturated carbocycles. The molecule has 0 aliphatic rings. The number of rotatable bonds is 6. The maximum atomic E-state index is 8.74. The third-order valence-corrected chi connectivity index (χ3v) is 2.00. The van der Waals surface area contributed by atoms with E-state index >= 15 is 0 Å². The summed E-state index contributed by atoms with van der Waals surface area (Å²) in [5.41, 5.74) is 1.92. The molecular formula is C13H16O3. The number of hydrogen-bond donors (Lipinski definition) is 2. The van der Waals surface area contributed by atoms with Crippen molar-refractivity contribution in [3.63, 3.8) is 0 Å². The second-order valence-corrected chi connectivity index (χ2v) is 3.28. The zero-order valence-electron chi connectivity index (χ0n) is 9.04. The third-order valence-electron chi connectivity index (χ3n) is 2.00. The largest absolute Gasteiger partial charge is 0.373 e. The van der Waals surface area contributed by atoms with E-state index in [1.165, 1.54) is 6.08 Å². The summed E-state index contributed by atoms with van der Waals surface area (Å²) in [5, 5.41) is 17.5. The molecule has 0 unspecified atom stereocenters. The van der Waals surface area contributed by atoms with Crippen LogP contribution < -0.4 is 0 Å². The molecule has 0 radical (unpaired) electrons. The molecule has 0 fully saturated rings. The second kappa shape index (κ2) is 6.95. The Hall–Kier alpha value is -1.42. The maximum absolute atomic E-state index is 8.74. The Morgan fingerprint density at radius 1 is 1.31 bits per heavy atom. The van der Waals surface area contributed by atoms with Gasteiger partial charge in [-0.15, -0.1) is 6.58 Å². The first-order valence-corrected chi connectivity index (χ1v) is 5.05.